The van der Waals surface area contributed by atoms with Gasteiger partial charge in [-0.2, -0.15) is 4.98 Å². The molecule has 3 heterocycles. The van der Waals surface area contributed by atoms with Gasteiger partial charge in [-0.3, -0.25) is 4.98 Å². The molecule has 1 atom stereocenters. The fraction of sp³-hybridized carbons (Fsp3) is 0.278. The van der Waals surface area contributed by atoms with Gasteiger partial charge in [0.1, 0.15) is 5.82 Å². The van der Waals surface area contributed by atoms with Gasteiger partial charge in [-0.1, -0.05) is 13.0 Å². The number of nitrogens with zero attached hydrogens (tertiary/aromatic N) is 3. The van der Waals surface area contributed by atoms with E-state index in [-0.39, 0.29) is 0 Å². The summed E-state index contributed by atoms with van der Waals surface area (Å²) in [6.07, 6.45) is 4.59. The van der Waals surface area contributed by atoms with Crippen LogP contribution in [0.3, 0.4) is 0 Å². The Kier molecular flexibility index (Phi) is 5.38. The lowest BCUT2D eigenvalue weighted by molar-refractivity contribution is 0.753. The Hall–Kier alpha value is -2.47. The summed E-state index contributed by atoms with van der Waals surface area (Å²) in [7, 11) is 0. The normalized spacial score (nSPS) is 11.9. The first-order chi connectivity index (χ1) is 11.7. The van der Waals surface area contributed by atoms with Gasteiger partial charge in [0.25, 0.3) is 0 Å². The summed E-state index contributed by atoms with van der Waals surface area (Å²) in [5.41, 5.74) is 1.84. The fourth-order valence-corrected chi connectivity index (χ4v) is 2.82. The van der Waals surface area contributed by atoms with Gasteiger partial charge in [-0.05, 0) is 36.9 Å². The zero-order chi connectivity index (χ0) is 16.8. The maximum atomic E-state index is 4.64. The maximum absolute atomic E-state index is 4.64. The van der Waals surface area contributed by atoms with Crippen LogP contribution in [-0.4, -0.2) is 21.0 Å². The van der Waals surface area contributed by atoms with Crippen molar-refractivity contribution < 1.29 is 0 Å². The van der Waals surface area contributed by atoms with E-state index in [2.05, 4.69) is 56.9 Å². The quantitative estimate of drug-likeness (QED) is 0.667. The zero-order valence-corrected chi connectivity index (χ0v) is 14.7. The second kappa shape index (κ2) is 7.88. The molecule has 0 radical (unpaired) electrons. The van der Waals surface area contributed by atoms with Gasteiger partial charge in [0, 0.05) is 34.9 Å². The first-order valence-corrected chi connectivity index (χ1v) is 8.95. The minimum Gasteiger partial charge on any atom is -0.365 e. The summed E-state index contributed by atoms with van der Waals surface area (Å²) < 4.78 is 0. The molecule has 24 heavy (non-hydrogen) atoms. The zero-order valence-electron chi connectivity index (χ0n) is 13.9. The highest BCUT2D eigenvalue weighted by atomic mass is 32.1. The van der Waals surface area contributed by atoms with Crippen LogP contribution in [-0.2, 0) is 6.54 Å². The molecule has 0 unspecified atom stereocenters. The Bertz CT molecular complexity index is 758. The standard InChI is InChI=1S/C18H21N5S/c1-3-13(2)21-18-22-16(14-6-4-8-19-11-14)10-17(23-18)20-12-15-7-5-9-24-15/h4-11,13H,3,12H2,1-2H3,(H2,20,21,22,23)/t13-/m1/s1. The number of thiophene rings is 1. The largest absolute Gasteiger partial charge is 0.365 e. The first kappa shape index (κ1) is 16.4. The molecule has 5 nitrogen and oxygen atoms in total. The van der Waals surface area contributed by atoms with Gasteiger partial charge >= 0.3 is 0 Å². The molecule has 124 valence electrons. The molecule has 0 aliphatic heterocycles. The van der Waals surface area contributed by atoms with Gasteiger partial charge in [-0.15, -0.1) is 11.3 Å². The van der Waals surface area contributed by atoms with E-state index in [1.165, 1.54) is 4.88 Å². The second-order valence-corrected chi connectivity index (χ2v) is 6.62. The molecule has 0 fully saturated rings. The Balaban J connectivity index is 1.87. The number of rotatable bonds is 7. The Morgan fingerprint density at radius 1 is 1.21 bits per heavy atom. The highest BCUT2D eigenvalue weighted by Crippen LogP contribution is 2.22. The monoisotopic (exact) mass is 339 g/mol. The highest BCUT2D eigenvalue weighted by Gasteiger charge is 2.09. The first-order valence-electron chi connectivity index (χ1n) is 8.07. The van der Waals surface area contributed by atoms with Gasteiger partial charge in [0.15, 0.2) is 0 Å². The second-order valence-electron chi connectivity index (χ2n) is 5.59. The van der Waals surface area contributed by atoms with Crippen molar-refractivity contribution in [1.29, 1.82) is 0 Å². The molecule has 0 saturated carbocycles. The Morgan fingerprint density at radius 2 is 2.12 bits per heavy atom. The molecule has 0 amide bonds. The SMILES string of the molecule is CC[C@@H](C)Nc1nc(NCc2cccs2)cc(-c2cccnc2)n1. The van der Waals surface area contributed by atoms with Crippen molar-refractivity contribution in [3.8, 4) is 11.3 Å². The minimum absolute atomic E-state index is 0.319. The van der Waals surface area contributed by atoms with Gasteiger partial charge in [0.05, 0.1) is 12.2 Å². The van der Waals surface area contributed by atoms with Crippen molar-refractivity contribution >= 4 is 23.1 Å². The van der Waals surface area contributed by atoms with Crippen molar-refractivity contribution in [2.24, 2.45) is 0 Å². The van der Waals surface area contributed by atoms with Crippen molar-refractivity contribution in [1.82, 2.24) is 15.0 Å². The topological polar surface area (TPSA) is 62.7 Å². The maximum Gasteiger partial charge on any atom is 0.225 e. The number of aromatic nitrogens is 3. The minimum atomic E-state index is 0.319. The fourth-order valence-electron chi connectivity index (χ4n) is 2.18. The average Bonchev–Trinajstić information content (AvgIpc) is 3.14. The lowest BCUT2D eigenvalue weighted by atomic mass is 10.2. The van der Waals surface area contributed by atoms with Crippen molar-refractivity contribution in [3.63, 3.8) is 0 Å². The molecule has 0 aromatic carbocycles. The number of hydrogen-bond donors (Lipinski definition) is 2. The summed E-state index contributed by atoms with van der Waals surface area (Å²) in [6, 6.07) is 10.4. The van der Waals surface area contributed by atoms with Crippen LogP contribution >= 0.6 is 11.3 Å². The molecular formula is C18H21N5S. The summed E-state index contributed by atoms with van der Waals surface area (Å²) in [4.78, 5) is 14.7. The third kappa shape index (κ3) is 4.29. The molecule has 3 aromatic rings. The van der Waals surface area contributed by atoms with Crippen LogP contribution in [0.4, 0.5) is 11.8 Å². The van der Waals surface area contributed by atoms with Crippen LogP contribution in [0.5, 0.6) is 0 Å². The highest BCUT2D eigenvalue weighted by molar-refractivity contribution is 7.09. The number of pyridine rings is 1. The van der Waals surface area contributed by atoms with E-state index in [0.29, 0.717) is 12.0 Å². The van der Waals surface area contributed by atoms with Gasteiger partial charge in [-0.25, -0.2) is 4.98 Å². The van der Waals surface area contributed by atoms with Crippen LogP contribution in [0.2, 0.25) is 0 Å². The van der Waals surface area contributed by atoms with Crippen LogP contribution in [0, 0.1) is 0 Å². The average molecular weight is 339 g/mol. The number of hydrogen-bond acceptors (Lipinski definition) is 6. The molecule has 0 saturated heterocycles. The molecule has 0 bridgehead atoms. The van der Waals surface area contributed by atoms with E-state index in [4.69, 9.17) is 0 Å². The van der Waals surface area contributed by atoms with E-state index in [1.54, 1.807) is 17.5 Å². The molecular weight excluding hydrogens is 318 g/mol. The van der Waals surface area contributed by atoms with Gasteiger partial charge in [0.2, 0.25) is 5.95 Å². The van der Waals surface area contributed by atoms with Crippen molar-refractivity contribution in [2.75, 3.05) is 10.6 Å². The Labute approximate surface area is 146 Å². The molecule has 0 spiro atoms. The van der Waals surface area contributed by atoms with Crippen LogP contribution in [0.15, 0.2) is 48.1 Å². The number of nitrogens with one attached hydrogen (secondary N) is 2. The summed E-state index contributed by atoms with van der Waals surface area (Å²) in [5, 5.41) is 8.82. The lowest BCUT2D eigenvalue weighted by Gasteiger charge is -2.14. The molecule has 3 rings (SSSR count). The van der Waals surface area contributed by atoms with Crippen LogP contribution in [0.25, 0.3) is 11.3 Å². The van der Waals surface area contributed by atoms with E-state index in [9.17, 15) is 0 Å². The van der Waals surface area contributed by atoms with E-state index < -0.39 is 0 Å². The van der Waals surface area contributed by atoms with E-state index >= 15 is 0 Å². The van der Waals surface area contributed by atoms with Gasteiger partial charge < -0.3 is 10.6 Å². The van der Waals surface area contributed by atoms with Crippen molar-refractivity contribution in [3.05, 3.63) is 53.0 Å². The van der Waals surface area contributed by atoms with E-state index in [1.807, 2.05) is 24.4 Å². The number of anilines is 2. The molecule has 0 aliphatic carbocycles. The summed E-state index contributed by atoms with van der Waals surface area (Å²) in [6.45, 7) is 5.02. The van der Waals surface area contributed by atoms with Crippen LogP contribution < -0.4 is 10.6 Å². The molecule has 3 aromatic heterocycles. The summed E-state index contributed by atoms with van der Waals surface area (Å²) in [5.74, 6) is 1.45. The molecule has 6 heteroatoms. The lowest BCUT2D eigenvalue weighted by Crippen LogP contribution is -2.16. The third-order valence-electron chi connectivity index (χ3n) is 3.70. The van der Waals surface area contributed by atoms with Crippen LogP contribution in [0.1, 0.15) is 25.1 Å². The third-order valence-corrected chi connectivity index (χ3v) is 4.57. The predicted molar refractivity (Wildman–Crippen MR) is 100 cm³/mol. The summed E-state index contributed by atoms with van der Waals surface area (Å²) >= 11 is 1.73. The molecule has 0 aliphatic rings. The van der Waals surface area contributed by atoms with Crippen molar-refractivity contribution in [2.45, 2.75) is 32.9 Å². The Morgan fingerprint density at radius 3 is 2.83 bits per heavy atom. The smallest absolute Gasteiger partial charge is 0.225 e. The van der Waals surface area contributed by atoms with E-state index in [0.717, 1.165) is 30.0 Å². The molecule has 2 N–H and O–H groups in total. The predicted octanol–water partition coefficient (Wildman–Crippen LogP) is 4.42.